The number of fused-ring (bicyclic) bond motifs is 1. The van der Waals surface area contributed by atoms with Crippen LogP contribution >= 0.6 is 11.6 Å². The zero-order valence-electron chi connectivity index (χ0n) is 13.7. The average molecular weight is 381 g/mol. The van der Waals surface area contributed by atoms with Crippen LogP contribution in [-0.2, 0) is 14.8 Å². The molecule has 3 rings (SSSR count). The molecule has 1 aliphatic heterocycles. The number of hydrogen-bond donors (Lipinski definition) is 1. The molecule has 0 radical (unpaired) electrons. The van der Waals surface area contributed by atoms with E-state index in [0.29, 0.717) is 22.1 Å². The van der Waals surface area contributed by atoms with Crippen LogP contribution in [0.3, 0.4) is 0 Å². The number of sulfonamides is 1. The Balaban J connectivity index is 1.88. The SMILES string of the molecule is Cc1ccc(Cl)cc1NC(=O)C1CN(S(C)(=O)=O)c2ccccc2O1. The smallest absolute Gasteiger partial charge is 0.267 e. The van der Waals surface area contributed by atoms with Gasteiger partial charge in [-0.3, -0.25) is 9.10 Å². The highest BCUT2D eigenvalue weighted by Crippen LogP contribution is 2.35. The maximum Gasteiger partial charge on any atom is 0.267 e. The fraction of sp³-hybridized carbons (Fsp3) is 0.235. The van der Waals surface area contributed by atoms with Crippen molar-refractivity contribution in [2.45, 2.75) is 13.0 Å². The molecule has 0 aliphatic carbocycles. The van der Waals surface area contributed by atoms with Gasteiger partial charge in [-0.25, -0.2) is 8.42 Å². The number of anilines is 2. The van der Waals surface area contributed by atoms with Crippen molar-refractivity contribution in [1.29, 1.82) is 0 Å². The van der Waals surface area contributed by atoms with Crippen LogP contribution in [0.2, 0.25) is 5.02 Å². The van der Waals surface area contributed by atoms with E-state index in [2.05, 4.69) is 5.32 Å². The molecule has 1 atom stereocenters. The zero-order chi connectivity index (χ0) is 18.2. The summed E-state index contributed by atoms with van der Waals surface area (Å²) >= 11 is 5.97. The van der Waals surface area contributed by atoms with Gasteiger partial charge in [0.25, 0.3) is 5.91 Å². The molecular formula is C17H17ClN2O4S. The Morgan fingerprint density at radius 2 is 2.00 bits per heavy atom. The van der Waals surface area contributed by atoms with E-state index >= 15 is 0 Å². The van der Waals surface area contributed by atoms with Crippen LogP contribution in [0.15, 0.2) is 42.5 Å². The normalized spacial score (nSPS) is 16.8. The lowest BCUT2D eigenvalue weighted by atomic mass is 10.1. The molecule has 1 heterocycles. The fourth-order valence-corrected chi connectivity index (χ4v) is 3.68. The van der Waals surface area contributed by atoms with Gasteiger partial charge in [0.15, 0.2) is 6.10 Å². The van der Waals surface area contributed by atoms with Crippen molar-refractivity contribution in [2.75, 3.05) is 22.4 Å². The summed E-state index contributed by atoms with van der Waals surface area (Å²) in [7, 11) is -3.54. The van der Waals surface area contributed by atoms with Gasteiger partial charge in [0, 0.05) is 10.7 Å². The molecule has 1 amide bonds. The predicted molar refractivity (Wildman–Crippen MR) is 97.9 cm³/mol. The molecule has 2 aromatic carbocycles. The zero-order valence-corrected chi connectivity index (χ0v) is 15.3. The van der Waals surface area contributed by atoms with Gasteiger partial charge in [-0.15, -0.1) is 0 Å². The Morgan fingerprint density at radius 1 is 1.28 bits per heavy atom. The van der Waals surface area contributed by atoms with Crippen LogP contribution in [0.4, 0.5) is 11.4 Å². The molecule has 6 nitrogen and oxygen atoms in total. The summed E-state index contributed by atoms with van der Waals surface area (Å²) in [5.74, 6) is -0.0874. The minimum absolute atomic E-state index is 0.0959. The van der Waals surface area contributed by atoms with Crippen LogP contribution < -0.4 is 14.4 Å². The number of aryl methyl sites for hydroxylation is 1. The maximum absolute atomic E-state index is 12.6. The summed E-state index contributed by atoms with van der Waals surface area (Å²) in [6, 6.07) is 11.9. The van der Waals surface area contributed by atoms with E-state index < -0.39 is 22.0 Å². The van der Waals surface area contributed by atoms with E-state index in [1.807, 2.05) is 6.92 Å². The van der Waals surface area contributed by atoms with Crippen LogP contribution in [0.5, 0.6) is 5.75 Å². The number of nitrogens with zero attached hydrogens (tertiary/aromatic N) is 1. The molecule has 0 fully saturated rings. The van der Waals surface area contributed by atoms with E-state index in [1.165, 1.54) is 4.31 Å². The van der Waals surface area contributed by atoms with E-state index in [1.54, 1.807) is 42.5 Å². The summed E-state index contributed by atoms with van der Waals surface area (Å²) in [4.78, 5) is 12.6. The van der Waals surface area contributed by atoms with Gasteiger partial charge in [-0.2, -0.15) is 0 Å². The number of nitrogens with one attached hydrogen (secondary N) is 1. The summed E-state index contributed by atoms with van der Waals surface area (Å²) < 4.78 is 31.1. The topological polar surface area (TPSA) is 75.7 Å². The summed E-state index contributed by atoms with van der Waals surface area (Å²) in [5.41, 5.74) is 1.83. The Morgan fingerprint density at radius 3 is 2.72 bits per heavy atom. The summed E-state index contributed by atoms with van der Waals surface area (Å²) in [5, 5.41) is 3.25. The number of ether oxygens (including phenoxy) is 1. The molecular weight excluding hydrogens is 364 g/mol. The fourth-order valence-electron chi connectivity index (χ4n) is 2.59. The molecule has 1 unspecified atom stereocenters. The second-order valence-corrected chi connectivity index (χ2v) is 8.16. The van der Waals surface area contributed by atoms with Gasteiger partial charge in [0.05, 0.1) is 18.5 Å². The number of rotatable bonds is 3. The number of carbonyl (C=O) groups is 1. The van der Waals surface area contributed by atoms with Crippen molar-refractivity contribution in [1.82, 2.24) is 0 Å². The van der Waals surface area contributed by atoms with E-state index in [4.69, 9.17) is 16.3 Å². The highest BCUT2D eigenvalue weighted by molar-refractivity contribution is 7.92. The van der Waals surface area contributed by atoms with Crippen molar-refractivity contribution >= 4 is 38.9 Å². The van der Waals surface area contributed by atoms with Gasteiger partial charge in [0.2, 0.25) is 10.0 Å². The Kier molecular flexibility index (Phi) is 4.62. The minimum Gasteiger partial charge on any atom is -0.476 e. The van der Waals surface area contributed by atoms with Crippen molar-refractivity contribution in [3.05, 3.63) is 53.1 Å². The van der Waals surface area contributed by atoms with Gasteiger partial charge < -0.3 is 10.1 Å². The number of para-hydroxylation sites is 2. The second kappa shape index (κ2) is 6.57. The van der Waals surface area contributed by atoms with E-state index in [-0.39, 0.29) is 6.54 Å². The van der Waals surface area contributed by atoms with E-state index in [0.717, 1.165) is 11.8 Å². The molecule has 0 saturated heterocycles. The quantitative estimate of drug-likeness (QED) is 0.888. The molecule has 0 spiro atoms. The molecule has 2 aromatic rings. The molecule has 8 heteroatoms. The highest BCUT2D eigenvalue weighted by Gasteiger charge is 2.34. The third-order valence-corrected chi connectivity index (χ3v) is 5.27. The Hall–Kier alpha value is -2.25. The largest absolute Gasteiger partial charge is 0.476 e. The number of benzene rings is 2. The number of hydrogen-bond acceptors (Lipinski definition) is 4. The maximum atomic E-state index is 12.6. The number of halogens is 1. The first-order valence-electron chi connectivity index (χ1n) is 7.56. The first kappa shape index (κ1) is 17.6. The van der Waals surface area contributed by atoms with Crippen molar-refractivity contribution in [2.24, 2.45) is 0 Å². The van der Waals surface area contributed by atoms with E-state index in [9.17, 15) is 13.2 Å². The molecule has 1 aliphatic rings. The van der Waals surface area contributed by atoms with Crippen LogP contribution in [-0.4, -0.2) is 33.2 Å². The van der Waals surface area contributed by atoms with Crippen LogP contribution in [0.1, 0.15) is 5.56 Å². The predicted octanol–water partition coefficient (Wildman–Crippen LogP) is 2.81. The lowest BCUT2D eigenvalue weighted by Crippen LogP contribution is -2.48. The molecule has 1 N–H and O–H groups in total. The lowest BCUT2D eigenvalue weighted by molar-refractivity contribution is -0.122. The lowest BCUT2D eigenvalue weighted by Gasteiger charge is -2.33. The van der Waals surface area contributed by atoms with Gasteiger partial charge in [0.1, 0.15) is 5.75 Å². The summed E-state index contributed by atoms with van der Waals surface area (Å²) in [6.45, 7) is 1.74. The molecule has 0 bridgehead atoms. The number of amides is 1. The molecule has 0 aromatic heterocycles. The first-order chi connectivity index (χ1) is 11.8. The third-order valence-electron chi connectivity index (χ3n) is 3.89. The van der Waals surface area contributed by atoms with Gasteiger partial charge in [-0.1, -0.05) is 29.8 Å². The monoisotopic (exact) mass is 380 g/mol. The molecule has 25 heavy (non-hydrogen) atoms. The van der Waals surface area contributed by atoms with Gasteiger partial charge >= 0.3 is 0 Å². The second-order valence-electron chi connectivity index (χ2n) is 5.82. The van der Waals surface area contributed by atoms with Gasteiger partial charge in [-0.05, 0) is 36.8 Å². The third kappa shape index (κ3) is 3.72. The molecule has 132 valence electrons. The van der Waals surface area contributed by atoms with Crippen molar-refractivity contribution in [3.8, 4) is 5.75 Å². The first-order valence-corrected chi connectivity index (χ1v) is 9.79. The average Bonchev–Trinajstić information content (AvgIpc) is 2.56. The number of carbonyl (C=O) groups excluding carboxylic acids is 1. The summed E-state index contributed by atoms with van der Waals surface area (Å²) in [6.07, 6.45) is 0.133. The minimum atomic E-state index is -3.54. The highest BCUT2D eigenvalue weighted by atomic mass is 35.5. The van der Waals surface area contributed by atoms with Crippen LogP contribution in [0, 0.1) is 6.92 Å². The Labute approximate surface area is 151 Å². The Bertz CT molecular complexity index is 930. The van der Waals surface area contributed by atoms with Crippen molar-refractivity contribution in [3.63, 3.8) is 0 Å². The molecule has 0 saturated carbocycles. The standard InChI is InChI=1S/C17H17ClN2O4S/c1-11-7-8-12(18)9-13(11)19-17(21)16-10-20(25(2,22)23)14-5-3-4-6-15(14)24-16/h3-9,16H,10H2,1-2H3,(H,19,21). The van der Waals surface area contributed by atoms with Crippen LogP contribution in [0.25, 0.3) is 0 Å². The van der Waals surface area contributed by atoms with Crippen molar-refractivity contribution < 1.29 is 17.9 Å².